The number of ether oxygens (including phenoxy) is 2. The number of pyridine rings is 1. The number of cyclic esters (lactones) is 1. The van der Waals surface area contributed by atoms with Crippen LogP contribution in [-0.4, -0.2) is 29.1 Å². The zero-order valence-corrected chi connectivity index (χ0v) is 24.6. The van der Waals surface area contributed by atoms with E-state index >= 15 is 0 Å². The zero-order valence-electron chi connectivity index (χ0n) is 24.6. The zero-order chi connectivity index (χ0) is 32.2. The summed E-state index contributed by atoms with van der Waals surface area (Å²) in [5, 5.41) is 0.827. The van der Waals surface area contributed by atoms with Gasteiger partial charge >= 0.3 is 18.4 Å². The van der Waals surface area contributed by atoms with Crippen LogP contribution in [0, 0.1) is 0 Å². The number of carbonyl (C=O) groups is 1. The quantitative estimate of drug-likeness (QED) is 0.210. The van der Waals surface area contributed by atoms with Gasteiger partial charge in [0.1, 0.15) is 11.9 Å². The number of aromatic nitrogens is 1. The highest BCUT2D eigenvalue weighted by atomic mass is 19.4. The maximum Gasteiger partial charge on any atom is 0.416 e. The van der Waals surface area contributed by atoms with Crippen LogP contribution in [0.25, 0.3) is 22.0 Å². The van der Waals surface area contributed by atoms with Crippen molar-refractivity contribution in [3.63, 3.8) is 0 Å². The summed E-state index contributed by atoms with van der Waals surface area (Å²) >= 11 is 0. The van der Waals surface area contributed by atoms with Crippen molar-refractivity contribution in [1.29, 1.82) is 0 Å². The van der Waals surface area contributed by atoms with E-state index in [4.69, 9.17) is 14.5 Å². The van der Waals surface area contributed by atoms with E-state index in [1.165, 1.54) is 11.8 Å². The van der Waals surface area contributed by atoms with Crippen LogP contribution in [0.3, 0.4) is 0 Å². The van der Waals surface area contributed by atoms with E-state index in [9.17, 15) is 31.1 Å². The number of benzene rings is 3. The number of rotatable bonds is 5. The van der Waals surface area contributed by atoms with Crippen molar-refractivity contribution in [3.05, 3.63) is 94.7 Å². The third-order valence-electron chi connectivity index (χ3n) is 7.81. The van der Waals surface area contributed by atoms with Gasteiger partial charge in [-0.15, -0.1) is 0 Å². The molecule has 0 unspecified atom stereocenters. The molecule has 1 amide bonds. The summed E-state index contributed by atoms with van der Waals surface area (Å²) in [6, 6.07) is 15.4. The second kappa shape index (κ2) is 11.0. The molecule has 1 aliphatic rings. The Balaban J connectivity index is 1.59. The Morgan fingerprint density at radius 1 is 0.841 bits per heavy atom. The van der Waals surface area contributed by atoms with Gasteiger partial charge < -0.3 is 9.47 Å². The first kappa shape index (κ1) is 31.2. The fourth-order valence-corrected chi connectivity index (χ4v) is 5.36. The van der Waals surface area contributed by atoms with E-state index in [1.807, 2.05) is 42.5 Å². The molecule has 0 bridgehead atoms. The van der Waals surface area contributed by atoms with E-state index in [0.717, 1.165) is 16.5 Å². The van der Waals surface area contributed by atoms with Gasteiger partial charge in [-0.2, -0.15) is 26.3 Å². The first-order chi connectivity index (χ1) is 20.5. The number of para-hydroxylation sites is 1. The molecule has 1 aliphatic heterocycles. The molecule has 0 N–H and O–H groups in total. The lowest BCUT2D eigenvalue weighted by molar-refractivity contribution is -0.143. The highest BCUT2D eigenvalue weighted by Crippen LogP contribution is 2.42. The van der Waals surface area contributed by atoms with Gasteiger partial charge in [0.05, 0.1) is 42.0 Å². The number of hydrogen-bond acceptors (Lipinski definition) is 4. The number of methoxy groups -OCH3 is 1. The van der Waals surface area contributed by atoms with Gasteiger partial charge in [0.2, 0.25) is 0 Å². The fraction of sp³-hybridized carbons (Fsp3) is 0.333. The van der Waals surface area contributed by atoms with Crippen molar-refractivity contribution in [1.82, 2.24) is 9.88 Å². The maximum atomic E-state index is 13.6. The van der Waals surface area contributed by atoms with E-state index in [-0.39, 0.29) is 18.0 Å². The minimum absolute atomic E-state index is 0.0487. The molecule has 3 aromatic carbocycles. The lowest BCUT2D eigenvalue weighted by Gasteiger charge is -2.24. The summed E-state index contributed by atoms with van der Waals surface area (Å²) in [5.74, 6) is 0.565. The Labute approximate surface area is 250 Å². The molecule has 11 heteroatoms. The van der Waals surface area contributed by atoms with Gasteiger partial charge in [0.15, 0.2) is 0 Å². The lowest BCUT2D eigenvalue weighted by Crippen LogP contribution is -2.32. The summed E-state index contributed by atoms with van der Waals surface area (Å²) in [7, 11) is 1.54. The summed E-state index contributed by atoms with van der Waals surface area (Å²) in [6.45, 7) is 7.60. The van der Waals surface area contributed by atoms with Crippen molar-refractivity contribution in [2.45, 2.75) is 64.2 Å². The SMILES string of the molecule is COc1ccc(C(C)(C)C)cc1-c1cc2ccccc2nc1CN1C(=O)O[C@H](c2cc(C(F)(F)F)cc(C(F)(F)F)c2)[C@@H]1C. The molecule has 0 radical (unpaired) electrons. The van der Waals surface area contributed by atoms with Gasteiger partial charge in [-0.05, 0) is 65.9 Å². The second-order valence-corrected chi connectivity index (χ2v) is 11.9. The normalized spacial score (nSPS) is 17.7. The van der Waals surface area contributed by atoms with E-state index in [1.54, 1.807) is 13.2 Å². The van der Waals surface area contributed by atoms with E-state index in [2.05, 4.69) is 20.8 Å². The van der Waals surface area contributed by atoms with Crippen LogP contribution in [0.2, 0.25) is 0 Å². The maximum absolute atomic E-state index is 13.6. The first-order valence-corrected chi connectivity index (χ1v) is 13.8. The van der Waals surface area contributed by atoms with E-state index in [0.29, 0.717) is 34.7 Å². The van der Waals surface area contributed by atoms with Gasteiger partial charge in [-0.1, -0.05) is 45.0 Å². The van der Waals surface area contributed by atoms with Crippen LogP contribution >= 0.6 is 0 Å². The van der Waals surface area contributed by atoms with Crippen molar-refractivity contribution < 1.29 is 40.6 Å². The molecule has 2 atom stereocenters. The summed E-state index contributed by atoms with van der Waals surface area (Å²) in [6.07, 6.45) is -12.3. The minimum atomic E-state index is -5.04. The van der Waals surface area contributed by atoms with Crippen LogP contribution in [0.5, 0.6) is 5.75 Å². The van der Waals surface area contributed by atoms with E-state index < -0.39 is 47.3 Å². The molecule has 1 saturated heterocycles. The molecule has 0 aliphatic carbocycles. The number of amides is 1. The molecule has 1 aromatic heterocycles. The predicted octanol–water partition coefficient (Wildman–Crippen LogP) is 9.33. The van der Waals surface area contributed by atoms with Crippen molar-refractivity contribution in [3.8, 4) is 16.9 Å². The average Bonchev–Trinajstić information content (AvgIpc) is 3.23. The number of alkyl halides is 6. The molecule has 44 heavy (non-hydrogen) atoms. The topological polar surface area (TPSA) is 51.7 Å². The largest absolute Gasteiger partial charge is 0.496 e. The Bertz CT molecular complexity index is 1690. The summed E-state index contributed by atoms with van der Waals surface area (Å²) in [5.41, 5.74) is -0.0631. The summed E-state index contributed by atoms with van der Waals surface area (Å²) in [4.78, 5) is 19.3. The van der Waals surface area contributed by atoms with Crippen molar-refractivity contribution >= 4 is 17.0 Å². The van der Waals surface area contributed by atoms with Gasteiger partial charge in [-0.3, -0.25) is 9.88 Å². The molecule has 232 valence electrons. The van der Waals surface area contributed by atoms with Crippen LogP contribution in [0.1, 0.15) is 61.7 Å². The average molecular weight is 617 g/mol. The molecule has 5 rings (SSSR count). The second-order valence-electron chi connectivity index (χ2n) is 11.9. The first-order valence-electron chi connectivity index (χ1n) is 13.8. The number of nitrogens with zero attached hydrogens (tertiary/aromatic N) is 2. The van der Waals surface area contributed by atoms with Gasteiger partial charge in [0, 0.05) is 16.5 Å². The highest BCUT2D eigenvalue weighted by molar-refractivity contribution is 5.87. The van der Waals surface area contributed by atoms with Crippen molar-refractivity contribution in [2.24, 2.45) is 0 Å². The Morgan fingerprint density at radius 2 is 1.48 bits per heavy atom. The molecule has 5 nitrogen and oxygen atoms in total. The molecule has 0 saturated carbocycles. The number of carbonyl (C=O) groups excluding carboxylic acids is 1. The molecule has 0 spiro atoms. The predicted molar refractivity (Wildman–Crippen MR) is 153 cm³/mol. The number of fused-ring (bicyclic) bond motifs is 1. The molecule has 1 fully saturated rings. The van der Waals surface area contributed by atoms with Gasteiger partial charge in [0.25, 0.3) is 0 Å². The molecule has 2 heterocycles. The van der Waals surface area contributed by atoms with Crippen LogP contribution in [-0.2, 0) is 29.0 Å². The smallest absolute Gasteiger partial charge is 0.416 e. The van der Waals surface area contributed by atoms with Crippen LogP contribution in [0.15, 0.2) is 66.7 Å². The number of hydrogen-bond donors (Lipinski definition) is 0. The third-order valence-corrected chi connectivity index (χ3v) is 7.81. The van der Waals surface area contributed by atoms with Gasteiger partial charge in [-0.25, -0.2) is 4.79 Å². The monoisotopic (exact) mass is 616 g/mol. The van der Waals surface area contributed by atoms with Crippen molar-refractivity contribution in [2.75, 3.05) is 7.11 Å². The Hall–Kier alpha value is -4.28. The lowest BCUT2D eigenvalue weighted by atomic mass is 9.85. The Kier molecular flexibility index (Phi) is 7.80. The molecular formula is C33H30F6N2O3. The number of halogens is 6. The fourth-order valence-electron chi connectivity index (χ4n) is 5.36. The summed E-state index contributed by atoms with van der Waals surface area (Å²) < 4.78 is 92.4. The van der Waals surface area contributed by atoms with Crippen LogP contribution in [0.4, 0.5) is 31.1 Å². The third kappa shape index (κ3) is 6.05. The highest BCUT2D eigenvalue weighted by Gasteiger charge is 2.43. The minimum Gasteiger partial charge on any atom is -0.496 e. The standard InChI is InChI=1S/C33H30F6N2O3/c1-18-29(20-12-22(32(34,35)36)15-23(13-20)33(37,38)39)44-30(42)41(18)17-27-24(14-19-8-6-7-9-26(19)40-27)25-16-21(31(2,3)4)10-11-28(25)43-5/h6-16,18,29H,17H2,1-5H3/t18-,29-/m0/s1. The molecular weight excluding hydrogens is 586 g/mol. The molecule has 4 aromatic rings. The van der Waals surface area contributed by atoms with Crippen LogP contribution < -0.4 is 4.74 Å². The Morgan fingerprint density at radius 3 is 2.07 bits per heavy atom.